The average Bonchev–Trinajstić information content (AvgIpc) is 2.93. The molecule has 0 aliphatic carbocycles. The Kier molecular flexibility index (Phi) is 3.75. The summed E-state index contributed by atoms with van der Waals surface area (Å²) in [6.07, 6.45) is 0.258. The number of methoxy groups -OCH3 is 1. The van der Waals surface area contributed by atoms with Crippen LogP contribution in [0.4, 0.5) is 0 Å². The maximum atomic E-state index is 11.4. The van der Waals surface area contributed by atoms with Gasteiger partial charge in [-0.2, -0.15) is 0 Å². The minimum absolute atomic E-state index is 0.250. The van der Waals surface area contributed by atoms with Gasteiger partial charge in [0.05, 0.1) is 19.0 Å². The second-order valence-corrected chi connectivity index (χ2v) is 5.53. The number of esters is 1. The predicted octanol–water partition coefficient (Wildman–Crippen LogP) is 3.71. The highest BCUT2D eigenvalue weighted by atomic mass is 79.9. The number of aromatic nitrogens is 2. The minimum Gasteiger partial charge on any atom is -0.469 e. The Morgan fingerprint density at radius 2 is 2.10 bits per heavy atom. The summed E-state index contributed by atoms with van der Waals surface area (Å²) in [6.45, 7) is 0. The van der Waals surface area contributed by atoms with Gasteiger partial charge in [0.25, 0.3) is 0 Å². The molecule has 0 fully saturated rings. The number of rotatable bonds is 3. The summed E-state index contributed by atoms with van der Waals surface area (Å²) in [7, 11) is 1.39. The van der Waals surface area contributed by atoms with Crippen molar-refractivity contribution in [3.05, 3.63) is 52.5 Å². The summed E-state index contributed by atoms with van der Waals surface area (Å²) >= 11 is 3.50. The molecule has 106 valence electrons. The average molecular weight is 345 g/mol. The number of fused-ring (bicyclic) bond motifs is 1. The number of ether oxygens (including phenoxy) is 1. The second-order valence-electron chi connectivity index (χ2n) is 4.67. The van der Waals surface area contributed by atoms with Crippen LogP contribution in [-0.4, -0.2) is 23.0 Å². The van der Waals surface area contributed by atoms with Gasteiger partial charge in [-0.15, -0.1) is 0 Å². The van der Waals surface area contributed by atoms with E-state index in [2.05, 4.69) is 25.9 Å². The lowest BCUT2D eigenvalue weighted by Gasteiger charge is -2.02. The molecule has 0 amide bonds. The van der Waals surface area contributed by atoms with Crippen molar-refractivity contribution in [2.75, 3.05) is 7.11 Å². The fourth-order valence-corrected chi connectivity index (χ4v) is 2.66. The minimum atomic E-state index is -0.250. The van der Waals surface area contributed by atoms with Gasteiger partial charge in [0.15, 0.2) is 0 Å². The van der Waals surface area contributed by atoms with Crippen LogP contribution >= 0.6 is 15.9 Å². The van der Waals surface area contributed by atoms with Gasteiger partial charge in [0, 0.05) is 10.0 Å². The summed E-state index contributed by atoms with van der Waals surface area (Å²) in [6, 6.07) is 13.6. The number of carbonyl (C=O) groups excluding carboxylic acids is 1. The molecular formula is C16H13BrN2O2. The van der Waals surface area contributed by atoms with Crippen LogP contribution in [0.3, 0.4) is 0 Å². The maximum absolute atomic E-state index is 11.4. The number of hydrogen-bond donors (Lipinski definition) is 1. The number of nitrogens with zero attached hydrogens (tertiary/aromatic N) is 1. The molecule has 2 aromatic carbocycles. The Hall–Kier alpha value is -2.14. The van der Waals surface area contributed by atoms with E-state index in [-0.39, 0.29) is 12.4 Å². The lowest BCUT2D eigenvalue weighted by atomic mass is 10.1. The van der Waals surface area contributed by atoms with Crippen LogP contribution in [0, 0.1) is 0 Å². The third-order valence-electron chi connectivity index (χ3n) is 3.24. The first kappa shape index (κ1) is 13.8. The highest BCUT2D eigenvalue weighted by molar-refractivity contribution is 9.10. The van der Waals surface area contributed by atoms with E-state index in [1.807, 2.05) is 42.5 Å². The third-order valence-corrected chi connectivity index (χ3v) is 3.88. The zero-order chi connectivity index (χ0) is 14.8. The first-order valence-electron chi connectivity index (χ1n) is 6.48. The molecule has 5 heteroatoms. The van der Waals surface area contributed by atoms with Crippen molar-refractivity contribution in [3.8, 4) is 11.4 Å². The number of para-hydroxylation sites is 1. The van der Waals surface area contributed by atoms with Gasteiger partial charge >= 0.3 is 5.97 Å². The largest absolute Gasteiger partial charge is 0.469 e. The summed E-state index contributed by atoms with van der Waals surface area (Å²) in [5.41, 5.74) is 3.71. The summed E-state index contributed by atoms with van der Waals surface area (Å²) < 4.78 is 5.65. The molecule has 0 aliphatic heterocycles. The van der Waals surface area contributed by atoms with Gasteiger partial charge in [0.1, 0.15) is 11.3 Å². The van der Waals surface area contributed by atoms with E-state index < -0.39 is 0 Å². The number of hydrogen-bond acceptors (Lipinski definition) is 3. The zero-order valence-corrected chi connectivity index (χ0v) is 13.0. The Morgan fingerprint density at radius 1 is 1.29 bits per heavy atom. The van der Waals surface area contributed by atoms with Gasteiger partial charge < -0.3 is 9.72 Å². The quantitative estimate of drug-likeness (QED) is 0.737. The third kappa shape index (κ3) is 2.83. The highest BCUT2D eigenvalue weighted by Gasteiger charge is 2.09. The molecule has 3 rings (SSSR count). The van der Waals surface area contributed by atoms with Crippen LogP contribution in [-0.2, 0) is 16.0 Å². The molecule has 0 aliphatic rings. The molecule has 0 radical (unpaired) electrons. The zero-order valence-electron chi connectivity index (χ0n) is 11.4. The Morgan fingerprint density at radius 3 is 2.86 bits per heavy atom. The van der Waals surface area contributed by atoms with E-state index >= 15 is 0 Å². The number of benzene rings is 2. The van der Waals surface area contributed by atoms with E-state index in [9.17, 15) is 4.79 Å². The van der Waals surface area contributed by atoms with Gasteiger partial charge in [0.2, 0.25) is 0 Å². The van der Waals surface area contributed by atoms with Crippen LogP contribution < -0.4 is 0 Å². The predicted molar refractivity (Wildman–Crippen MR) is 84.9 cm³/mol. The van der Waals surface area contributed by atoms with Crippen molar-refractivity contribution in [2.24, 2.45) is 0 Å². The molecule has 0 atom stereocenters. The molecule has 3 aromatic rings. The number of nitrogens with one attached hydrogen (secondary N) is 1. The second kappa shape index (κ2) is 5.69. The SMILES string of the molecule is COC(=O)Cc1cccc(-c2nc3c(Br)cccc3[nH]2)c1. The fraction of sp³-hybridized carbons (Fsp3) is 0.125. The normalized spacial score (nSPS) is 10.8. The monoisotopic (exact) mass is 344 g/mol. The number of carbonyl (C=O) groups is 1. The van der Waals surface area contributed by atoms with Crippen molar-refractivity contribution in [2.45, 2.75) is 6.42 Å². The van der Waals surface area contributed by atoms with E-state index in [0.717, 1.165) is 32.5 Å². The van der Waals surface area contributed by atoms with Crippen LogP contribution in [0.15, 0.2) is 46.9 Å². The molecule has 0 unspecified atom stereocenters. The molecule has 1 heterocycles. The highest BCUT2D eigenvalue weighted by Crippen LogP contribution is 2.26. The van der Waals surface area contributed by atoms with Crippen LogP contribution in [0.25, 0.3) is 22.4 Å². The van der Waals surface area contributed by atoms with Crippen LogP contribution in [0.2, 0.25) is 0 Å². The molecular weight excluding hydrogens is 332 g/mol. The van der Waals surface area contributed by atoms with E-state index in [4.69, 9.17) is 4.74 Å². The maximum Gasteiger partial charge on any atom is 0.309 e. The molecule has 4 nitrogen and oxygen atoms in total. The Bertz CT molecular complexity index is 811. The van der Waals surface area contributed by atoms with Gasteiger partial charge in [-0.25, -0.2) is 4.98 Å². The number of aromatic amines is 1. The van der Waals surface area contributed by atoms with Crippen molar-refractivity contribution >= 4 is 32.9 Å². The number of imidazole rings is 1. The van der Waals surface area contributed by atoms with Gasteiger partial charge in [-0.3, -0.25) is 4.79 Å². The first-order valence-corrected chi connectivity index (χ1v) is 7.27. The number of halogens is 1. The molecule has 1 aromatic heterocycles. The molecule has 0 saturated carbocycles. The van der Waals surface area contributed by atoms with Crippen molar-refractivity contribution in [1.82, 2.24) is 9.97 Å². The van der Waals surface area contributed by atoms with Crippen molar-refractivity contribution in [1.29, 1.82) is 0 Å². The summed E-state index contributed by atoms with van der Waals surface area (Å²) in [4.78, 5) is 19.3. The van der Waals surface area contributed by atoms with Gasteiger partial charge in [-0.05, 0) is 39.7 Å². The van der Waals surface area contributed by atoms with Gasteiger partial charge in [-0.1, -0.05) is 24.3 Å². The first-order chi connectivity index (χ1) is 10.2. The molecule has 0 saturated heterocycles. The Balaban J connectivity index is 2.00. The van der Waals surface area contributed by atoms with E-state index in [1.54, 1.807) is 0 Å². The summed E-state index contributed by atoms with van der Waals surface area (Å²) in [5.74, 6) is 0.531. The topological polar surface area (TPSA) is 55.0 Å². The Labute approximate surface area is 130 Å². The fourth-order valence-electron chi connectivity index (χ4n) is 2.20. The molecule has 1 N–H and O–H groups in total. The molecule has 0 bridgehead atoms. The van der Waals surface area contributed by atoms with Crippen molar-refractivity contribution in [3.63, 3.8) is 0 Å². The lowest BCUT2D eigenvalue weighted by Crippen LogP contribution is -2.04. The van der Waals surface area contributed by atoms with Crippen LogP contribution in [0.1, 0.15) is 5.56 Å². The molecule has 21 heavy (non-hydrogen) atoms. The van der Waals surface area contributed by atoms with Crippen LogP contribution in [0.5, 0.6) is 0 Å². The van der Waals surface area contributed by atoms with E-state index in [1.165, 1.54) is 7.11 Å². The van der Waals surface area contributed by atoms with Crippen molar-refractivity contribution < 1.29 is 9.53 Å². The lowest BCUT2D eigenvalue weighted by molar-refractivity contribution is -0.139. The standard InChI is InChI=1S/C16H13BrN2O2/c1-21-14(20)9-10-4-2-5-11(8-10)16-18-13-7-3-6-12(17)15(13)19-16/h2-8H,9H2,1H3,(H,18,19). The molecule has 0 spiro atoms. The summed E-state index contributed by atoms with van der Waals surface area (Å²) in [5, 5.41) is 0. The number of H-pyrrole nitrogens is 1. The van der Waals surface area contributed by atoms with E-state index in [0.29, 0.717) is 0 Å². The smallest absolute Gasteiger partial charge is 0.309 e.